The lowest BCUT2D eigenvalue weighted by atomic mass is 10.0. The van der Waals surface area contributed by atoms with E-state index >= 15 is 0 Å². The lowest BCUT2D eigenvalue weighted by molar-refractivity contribution is 0.682. The Balaban J connectivity index is 1.80. The highest BCUT2D eigenvalue weighted by Crippen LogP contribution is 2.27. The number of anilines is 2. The fourth-order valence-corrected chi connectivity index (χ4v) is 2.54. The van der Waals surface area contributed by atoms with E-state index in [1.54, 1.807) is 6.20 Å². The molecule has 0 saturated carbocycles. The Bertz CT molecular complexity index is 550. The molecular formula is C15H18N4. The fraction of sp³-hybridized carbons (Fsp3) is 0.333. The van der Waals surface area contributed by atoms with Gasteiger partial charge in [-0.05, 0) is 24.5 Å². The van der Waals surface area contributed by atoms with Crippen molar-refractivity contribution in [3.8, 4) is 0 Å². The van der Waals surface area contributed by atoms with Gasteiger partial charge in [0, 0.05) is 19.3 Å². The van der Waals surface area contributed by atoms with Gasteiger partial charge in [0.15, 0.2) is 0 Å². The highest BCUT2D eigenvalue weighted by Gasteiger charge is 2.16. The zero-order valence-electron chi connectivity index (χ0n) is 11.1. The largest absolute Gasteiger partial charge is 0.372 e. The van der Waals surface area contributed by atoms with Crippen LogP contribution in [0.3, 0.4) is 0 Å². The van der Waals surface area contributed by atoms with Crippen LogP contribution in [0.25, 0.3) is 0 Å². The van der Waals surface area contributed by atoms with Gasteiger partial charge in [0.1, 0.15) is 5.82 Å². The number of nitrogens with zero attached hydrogens (tertiary/aromatic N) is 3. The third-order valence-electron chi connectivity index (χ3n) is 3.52. The van der Waals surface area contributed by atoms with Crippen LogP contribution in [-0.4, -0.2) is 23.6 Å². The number of rotatable bonds is 3. The maximum Gasteiger partial charge on any atom is 0.144 e. The van der Waals surface area contributed by atoms with Gasteiger partial charge in [-0.15, -0.1) is 0 Å². The molecule has 0 atom stereocenters. The number of benzene rings is 1. The molecule has 19 heavy (non-hydrogen) atoms. The quantitative estimate of drug-likeness (QED) is 0.913. The van der Waals surface area contributed by atoms with E-state index in [0.29, 0.717) is 0 Å². The first kappa shape index (κ1) is 12.0. The average Bonchev–Trinajstić information content (AvgIpc) is 2.48. The molecule has 0 spiro atoms. The summed E-state index contributed by atoms with van der Waals surface area (Å²) in [6.07, 6.45) is 6.02. The molecule has 2 heterocycles. The molecule has 4 heteroatoms. The summed E-state index contributed by atoms with van der Waals surface area (Å²) >= 11 is 0. The van der Waals surface area contributed by atoms with Crippen LogP contribution in [-0.2, 0) is 13.0 Å². The average molecular weight is 254 g/mol. The molecule has 0 fully saturated rings. The van der Waals surface area contributed by atoms with Crippen molar-refractivity contribution in [1.82, 2.24) is 9.97 Å². The molecule has 1 aromatic heterocycles. The Kier molecular flexibility index (Phi) is 3.31. The summed E-state index contributed by atoms with van der Waals surface area (Å²) in [5.41, 5.74) is 3.79. The fourth-order valence-electron chi connectivity index (χ4n) is 2.54. The zero-order chi connectivity index (χ0) is 13.1. The molecule has 0 aliphatic carbocycles. The lowest BCUT2D eigenvalue weighted by Crippen LogP contribution is -2.29. The maximum atomic E-state index is 4.45. The molecule has 4 nitrogen and oxygen atoms in total. The van der Waals surface area contributed by atoms with Crippen LogP contribution in [0.1, 0.15) is 17.7 Å². The van der Waals surface area contributed by atoms with Gasteiger partial charge < -0.3 is 10.2 Å². The molecule has 3 rings (SSSR count). The van der Waals surface area contributed by atoms with Crippen molar-refractivity contribution in [3.05, 3.63) is 47.9 Å². The summed E-state index contributed by atoms with van der Waals surface area (Å²) in [6.45, 7) is 1.92. The second kappa shape index (κ2) is 5.26. The van der Waals surface area contributed by atoms with Crippen LogP contribution in [0.2, 0.25) is 0 Å². The van der Waals surface area contributed by atoms with Crippen molar-refractivity contribution >= 4 is 11.5 Å². The summed E-state index contributed by atoms with van der Waals surface area (Å²) in [6, 6.07) is 8.64. The monoisotopic (exact) mass is 254 g/mol. The van der Waals surface area contributed by atoms with Gasteiger partial charge >= 0.3 is 0 Å². The van der Waals surface area contributed by atoms with Crippen molar-refractivity contribution in [2.24, 2.45) is 0 Å². The summed E-state index contributed by atoms with van der Waals surface area (Å²) in [5.74, 6) is 0.808. The molecule has 0 bridgehead atoms. The second-order valence-corrected chi connectivity index (χ2v) is 4.80. The van der Waals surface area contributed by atoms with Crippen LogP contribution < -0.4 is 10.2 Å². The van der Waals surface area contributed by atoms with Crippen LogP contribution in [0.4, 0.5) is 11.5 Å². The highest BCUT2D eigenvalue weighted by atomic mass is 15.1. The van der Waals surface area contributed by atoms with Crippen LogP contribution in [0.5, 0.6) is 0 Å². The molecule has 0 amide bonds. The van der Waals surface area contributed by atoms with Gasteiger partial charge in [0.2, 0.25) is 0 Å². The number of para-hydroxylation sites is 1. The van der Waals surface area contributed by atoms with E-state index in [1.807, 2.05) is 13.2 Å². The van der Waals surface area contributed by atoms with Gasteiger partial charge in [-0.2, -0.15) is 0 Å². The number of fused-ring (bicyclic) bond motifs is 1. The second-order valence-electron chi connectivity index (χ2n) is 4.80. The first-order valence-corrected chi connectivity index (χ1v) is 6.68. The van der Waals surface area contributed by atoms with Gasteiger partial charge in [0.25, 0.3) is 0 Å². The molecular weight excluding hydrogens is 236 g/mol. The van der Waals surface area contributed by atoms with Crippen LogP contribution in [0, 0.1) is 0 Å². The molecule has 2 aromatic rings. The zero-order valence-corrected chi connectivity index (χ0v) is 11.1. The Morgan fingerprint density at radius 1 is 1.21 bits per heavy atom. The normalized spacial score (nSPS) is 14.1. The van der Waals surface area contributed by atoms with Crippen molar-refractivity contribution < 1.29 is 0 Å². The van der Waals surface area contributed by atoms with Gasteiger partial charge in [0.05, 0.1) is 24.6 Å². The number of aryl methyl sites for hydroxylation is 1. The molecule has 0 saturated heterocycles. The topological polar surface area (TPSA) is 41.1 Å². The van der Waals surface area contributed by atoms with Crippen molar-refractivity contribution in [2.45, 2.75) is 19.4 Å². The van der Waals surface area contributed by atoms with E-state index in [9.17, 15) is 0 Å². The van der Waals surface area contributed by atoms with Crippen molar-refractivity contribution in [2.75, 3.05) is 23.8 Å². The minimum absolute atomic E-state index is 0.808. The molecule has 1 aliphatic heterocycles. The Hall–Kier alpha value is -2.10. The van der Waals surface area contributed by atoms with E-state index in [1.165, 1.54) is 24.1 Å². The highest BCUT2D eigenvalue weighted by molar-refractivity contribution is 5.55. The number of hydrogen-bond donors (Lipinski definition) is 1. The minimum Gasteiger partial charge on any atom is -0.372 e. The van der Waals surface area contributed by atoms with Crippen LogP contribution in [0.15, 0.2) is 36.7 Å². The molecule has 98 valence electrons. The summed E-state index contributed by atoms with van der Waals surface area (Å²) < 4.78 is 0. The van der Waals surface area contributed by atoms with Gasteiger partial charge in [-0.1, -0.05) is 18.2 Å². The van der Waals surface area contributed by atoms with Crippen molar-refractivity contribution in [1.29, 1.82) is 0 Å². The standard InChI is InChI=1S/C15H18N4/c1-16-15-10-17-13(9-18-15)11-19-8-4-6-12-5-2-3-7-14(12)19/h2-3,5,7,9-10H,4,6,8,11H2,1H3,(H,16,18). The lowest BCUT2D eigenvalue weighted by Gasteiger charge is -2.30. The predicted octanol–water partition coefficient (Wildman–Crippen LogP) is 2.47. The predicted molar refractivity (Wildman–Crippen MR) is 77.4 cm³/mol. The van der Waals surface area contributed by atoms with E-state index < -0.39 is 0 Å². The third kappa shape index (κ3) is 2.52. The van der Waals surface area contributed by atoms with Crippen LogP contribution >= 0.6 is 0 Å². The number of hydrogen-bond acceptors (Lipinski definition) is 4. The molecule has 0 unspecified atom stereocenters. The molecule has 1 aromatic carbocycles. The first-order chi connectivity index (χ1) is 9.36. The SMILES string of the molecule is CNc1cnc(CN2CCCc3ccccc32)cn1. The smallest absolute Gasteiger partial charge is 0.144 e. The summed E-state index contributed by atoms with van der Waals surface area (Å²) in [7, 11) is 1.85. The maximum absolute atomic E-state index is 4.45. The number of nitrogens with one attached hydrogen (secondary N) is 1. The first-order valence-electron chi connectivity index (χ1n) is 6.68. The van der Waals surface area contributed by atoms with Gasteiger partial charge in [-0.25, -0.2) is 4.98 Å². The number of aromatic nitrogens is 2. The van der Waals surface area contributed by atoms with Crippen molar-refractivity contribution in [3.63, 3.8) is 0 Å². The van der Waals surface area contributed by atoms with E-state index in [-0.39, 0.29) is 0 Å². The van der Waals surface area contributed by atoms with E-state index in [4.69, 9.17) is 0 Å². The third-order valence-corrected chi connectivity index (χ3v) is 3.52. The molecule has 1 N–H and O–H groups in total. The molecule has 0 radical (unpaired) electrons. The Labute approximate surface area is 113 Å². The summed E-state index contributed by atoms with van der Waals surface area (Å²) in [4.78, 5) is 11.2. The van der Waals surface area contributed by atoms with E-state index in [2.05, 4.69) is 44.5 Å². The van der Waals surface area contributed by atoms with E-state index in [0.717, 1.165) is 24.6 Å². The Morgan fingerprint density at radius 2 is 2.11 bits per heavy atom. The minimum atomic E-state index is 0.808. The molecule has 1 aliphatic rings. The van der Waals surface area contributed by atoms with Gasteiger partial charge in [-0.3, -0.25) is 4.98 Å². The Morgan fingerprint density at radius 3 is 2.89 bits per heavy atom. The summed E-state index contributed by atoms with van der Waals surface area (Å²) in [5, 5.41) is 2.99.